The Hall–Kier alpha value is -0.290. The lowest BCUT2D eigenvalue weighted by molar-refractivity contribution is -0.210. The van der Waals surface area contributed by atoms with Crippen molar-refractivity contribution in [3.05, 3.63) is 0 Å². The Kier molecular flexibility index (Phi) is 2.95. The second-order valence-corrected chi connectivity index (χ2v) is 2.95. The zero-order valence-corrected chi connectivity index (χ0v) is 6.47. The first-order valence-corrected chi connectivity index (χ1v) is 3.83. The topological polar surface area (TPSA) is 29.5 Å². The molecule has 2 unspecified atom stereocenters. The molecule has 0 radical (unpaired) electrons. The molecular formula is C7H11F3O2. The van der Waals surface area contributed by atoms with Gasteiger partial charge in [-0.15, -0.1) is 0 Å². The molecule has 0 aromatic heterocycles. The highest BCUT2D eigenvalue weighted by atomic mass is 19.4. The molecule has 72 valence electrons. The van der Waals surface area contributed by atoms with Crippen LogP contribution < -0.4 is 0 Å². The Morgan fingerprint density at radius 2 is 2.00 bits per heavy atom. The van der Waals surface area contributed by atoms with Gasteiger partial charge >= 0.3 is 6.18 Å². The molecule has 1 aliphatic heterocycles. The van der Waals surface area contributed by atoms with E-state index in [0.717, 1.165) is 0 Å². The molecule has 12 heavy (non-hydrogen) atoms. The van der Waals surface area contributed by atoms with E-state index in [-0.39, 0.29) is 19.6 Å². The molecule has 1 saturated heterocycles. The van der Waals surface area contributed by atoms with Crippen LogP contribution in [0.5, 0.6) is 0 Å². The van der Waals surface area contributed by atoms with Crippen LogP contribution in [-0.2, 0) is 4.74 Å². The number of ether oxygens (including phenoxy) is 1. The maximum Gasteiger partial charge on any atom is 0.394 e. The minimum Gasteiger partial charge on any atom is -0.394 e. The van der Waals surface area contributed by atoms with E-state index in [9.17, 15) is 13.2 Å². The molecule has 1 rings (SSSR count). The van der Waals surface area contributed by atoms with E-state index in [0.29, 0.717) is 6.42 Å². The van der Waals surface area contributed by atoms with Crippen LogP contribution in [0.3, 0.4) is 0 Å². The van der Waals surface area contributed by atoms with Crippen molar-refractivity contribution in [2.24, 2.45) is 5.92 Å². The van der Waals surface area contributed by atoms with Crippen molar-refractivity contribution in [1.82, 2.24) is 0 Å². The lowest BCUT2D eigenvalue weighted by atomic mass is 9.98. The van der Waals surface area contributed by atoms with Crippen LogP contribution in [0.2, 0.25) is 0 Å². The zero-order valence-electron chi connectivity index (χ0n) is 6.47. The summed E-state index contributed by atoms with van der Waals surface area (Å²) >= 11 is 0. The summed E-state index contributed by atoms with van der Waals surface area (Å²) in [5, 5.41) is 8.57. The highest BCUT2D eigenvalue weighted by Crippen LogP contribution is 2.33. The fourth-order valence-electron chi connectivity index (χ4n) is 1.21. The van der Waals surface area contributed by atoms with Crippen molar-refractivity contribution < 1.29 is 23.0 Å². The first kappa shape index (κ1) is 9.80. The lowest BCUT2D eigenvalue weighted by Gasteiger charge is -2.29. The van der Waals surface area contributed by atoms with Crippen LogP contribution in [0, 0.1) is 5.92 Å². The molecule has 1 aliphatic rings. The average Bonchev–Trinajstić information content (AvgIpc) is 2.03. The standard InChI is InChI=1S/C7H11F3O2/c8-7(9,10)5-1-2-6(3-11)12-4-5/h5-6,11H,1-4H2. The molecule has 0 aromatic rings. The second kappa shape index (κ2) is 3.62. The molecule has 0 aliphatic carbocycles. The quantitative estimate of drug-likeness (QED) is 0.666. The fourth-order valence-corrected chi connectivity index (χ4v) is 1.21. The lowest BCUT2D eigenvalue weighted by Crippen LogP contribution is -2.36. The van der Waals surface area contributed by atoms with Gasteiger partial charge in [-0.25, -0.2) is 0 Å². The van der Waals surface area contributed by atoms with E-state index in [2.05, 4.69) is 0 Å². The third kappa shape index (κ3) is 2.35. The Morgan fingerprint density at radius 3 is 2.33 bits per heavy atom. The minimum atomic E-state index is -4.15. The molecule has 1 N–H and O–H groups in total. The summed E-state index contributed by atoms with van der Waals surface area (Å²) in [6, 6.07) is 0. The van der Waals surface area contributed by atoms with E-state index in [1.807, 2.05) is 0 Å². The Labute approximate surface area is 68.3 Å². The fraction of sp³-hybridized carbons (Fsp3) is 1.00. The third-order valence-electron chi connectivity index (χ3n) is 2.04. The Morgan fingerprint density at radius 1 is 1.33 bits per heavy atom. The summed E-state index contributed by atoms with van der Waals surface area (Å²) in [5.74, 6) is -1.35. The molecule has 2 atom stereocenters. The molecule has 0 bridgehead atoms. The van der Waals surface area contributed by atoms with Gasteiger partial charge in [-0.3, -0.25) is 0 Å². The van der Waals surface area contributed by atoms with Gasteiger partial charge < -0.3 is 9.84 Å². The number of halogens is 3. The average molecular weight is 184 g/mol. The van der Waals surface area contributed by atoms with E-state index < -0.39 is 18.2 Å². The van der Waals surface area contributed by atoms with E-state index >= 15 is 0 Å². The van der Waals surface area contributed by atoms with Gasteiger partial charge in [-0.1, -0.05) is 0 Å². The second-order valence-electron chi connectivity index (χ2n) is 2.95. The predicted octanol–water partition coefficient (Wildman–Crippen LogP) is 1.34. The Balaban J connectivity index is 2.36. The molecule has 0 spiro atoms. The van der Waals surface area contributed by atoms with E-state index in [1.54, 1.807) is 0 Å². The number of aliphatic hydroxyl groups excluding tert-OH is 1. The van der Waals surface area contributed by atoms with E-state index in [4.69, 9.17) is 9.84 Å². The summed E-state index contributed by atoms with van der Waals surface area (Å²) in [6.07, 6.45) is -4.20. The number of alkyl halides is 3. The summed E-state index contributed by atoms with van der Waals surface area (Å²) in [4.78, 5) is 0. The SMILES string of the molecule is OCC1CCC(C(F)(F)F)CO1. The van der Waals surface area contributed by atoms with Gasteiger partial charge in [0.25, 0.3) is 0 Å². The van der Waals surface area contributed by atoms with Crippen LogP contribution in [0.25, 0.3) is 0 Å². The van der Waals surface area contributed by atoms with Gasteiger partial charge in [0, 0.05) is 0 Å². The van der Waals surface area contributed by atoms with Gasteiger partial charge in [0.05, 0.1) is 25.2 Å². The van der Waals surface area contributed by atoms with Gasteiger partial charge in [0.1, 0.15) is 0 Å². The van der Waals surface area contributed by atoms with Crippen LogP contribution >= 0.6 is 0 Å². The number of hydrogen-bond donors (Lipinski definition) is 1. The molecule has 5 heteroatoms. The van der Waals surface area contributed by atoms with Gasteiger partial charge in [-0.05, 0) is 12.8 Å². The van der Waals surface area contributed by atoms with Gasteiger partial charge in [0.15, 0.2) is 0 Å². The maximum atomic E-state index is 12.0. The molecule has 0 saturated carbocycles. The van der Waals surface area contributed by atoms with Gasteiger partial charge in [0.2, 0.25) is 0 Å². The molecule has 0 amide bonds. The first-order valence-electron chi connectivity index (χ1n) is 3.83. The van der Waals surface area contributed by atoms with Crippen molar-refractivity contribution >= 4 is 0 Å². The number of aliphatic hydroxyl groups is 1. The van der Waals surface area contributed by atoms with Crippen LogP contribution in [0.15, 0.2) is 0 Å². The highest BCUT2D eigenvalue weighted by molar-refractivity contribution is 4.74. The third-order valence-corrected chi connectivity index (χ3v) is 2.04. The normalized spacial score (nSPS) is 32.0. The summed E-state index contributed by atoms with van der Waals surface area (Å²) in [6.45, 7) is -0.501. The van der Waals surface area contributed by atoms with Crippen molar-refractivity contribution in [2.45, 2.75) is 25.1 Å². The summed E-state index contributed by atoms with van der Waals surface area (Å²) in [7, 11) is 0. The highest BCUT2D eigenvalue weighted by Gasteiger charge is 2.41. The largest absolute Gasteiger partial charge is 0.394 e. The summed E-state index contributed by atoms with van der Waals surface area (Å²) < 4.78 is 40.9. The first-order chi connectivity index (χ1) is 5.54. The van der Waals surface area contributed by atoms with Crippen molar-refractivity contribution in [3.63, 3.8) is 0 Å². The van der Waals surface area contributed by atoms with Crippen LogP contribution in [-0.4, -0.2) is 30.6 Å². The zero-order chi connectivity index (χ0) is 9.19. The number of hydrogen-bond acceptors (Lipinski definition) is 2. The van der Waals surface area contributed by atoms with Crippen LogP contribution in [0.4, 0.5) is 13.2 Å². The predicted molar refractivity (Wildman–Crippen MR) is 35.6 cm³/mol. The molecule has 2 nitrogen and oxygen atoms in total. The maximum absolute atomic E-state index is 12.0. The molecule has 1 fully saturated rings. The molecule has 1 heterocycles. The minimum absolute atomic E-state index is 0.0642. The van der Waals surface area contributed by atoms with Gasteiger partial charge in [-0.2, -0.15) is 13.2 Å². The van der Waals surface area contributed by atoms with E-state index in [1.165, 1.54) is 0 Å². The Bertz CT molecular complexity index is 138. The van der Waals surface area contributed by atoms with Crippen LogP contribution in [0.1, 0.15) is 12.8 Å². The monoisotopic (exact) mass is 184 g/mol. The molecular weight excluding hydrogens is 173 g/mol. The summed E-state index contributed by atoms with van der Waals surface area (Å²) in [5.41, 5.74) is 0. The van der Waals surface area contributed by atoms with Crippen molar-refractivity contribution in [2.75, 3.05) is 13.2 Å². The molecule has 0 aromatic carbocycles. The van der Waals surface area contributed by atoms with Crippen molar-refractivity contribution in [1.29, 1.82) is 0 Å². The van der Waals surface area contributed by atoms with Crippen molar-refractivity contribution in [3.8, 4) is 0 Å². The smallest absolute Gasteiger partial charge is 0.394 e. The number of rotatable bonds is 1.